The SMILES string of the molecule is CN(c1ccc(OC[C@H](O)CN2CC[C@@H](c3cccc(Cl)c3)C2(C)C)cc1)S(C)(=O)=O. The third-order valence-electron chi connectivity index (χ3n) is 6.18. The zero-order chi connectivity index (χ0) is 22.8. The Labute approximate surface area is 190 Å². The summed E-state index contributed by atoms with van der Waals surface area (Å²) in [4.78, 5) is 2.30. The van der Waals surface area contributed by atoms with Gasteiger partial charge in [0.25, 0.3) is 0 Å². The third-order valence-corrected chi connectivity index (χ3v) is 7.62. The van der Waals surface area contributed by atoms with E-state index in [-0.39, 0.29) is 12.1 Å². The number of likely N-dealkylation sites (tertiary alicyclic amines) is 1. The summed E-state index contributed by atoms with van der Waals surface area (Å²) in [6.45, 7) is 5.98. The summed E-state index contributed by atoms with van der Waals surface area (Å²) in [6.07, 6.45) is 1.52. The van der Waals surface area contributed by atoms with Gasteiger partial charge in [0.1, 0.15) is 18.5 Å². The molecular weight excluding hydrogens is 436 g/mol. The van der Waals surface area contributed by atoms with Gasteiger partial charge in [0.15, 0.2) is 0 Å². The molecule has 1 heterocycles. The molecule has 2 aromatic carbocycles. The number of anilines is 1. The first-order valence-electron chi connectivity index (χ1n) is 10.3. The Morgan fingerprint density at radius 2 is 1.94 bits per heavy atom. The third kappa shape index (κ3) is 5.71. The van der Waals surface area contributed by atoms with Crippen LogP contribution in [0.4, 0.5) is 5.69 Å². The molecule has 31 heavy (non-hydrogen) atoms. The van der Waals surface area contributed by atoms with Crippen molar-refractivity contribution in [3.63, 3.8) is 0 Å². The number of aliphatic hydroxyl groups is 1. The predicted octanol–water partition coefficient (Wildman–Crippen LogP) is 3.74. The van der Waals surface area contributed by atoms with E-state index >= 15 is 0 Å². The predicted molar refractivity (Wildman–Crippen MR) is 126 cm³/mol. The van der Waals surface area contributed by atoms with E-state index in [9.17, 15) is 13.5 Å². The average molecular weight is 467 g/mol. The van der Waals surface area contributed by atoms with Gasteiger partial charge in [0.05, 0.1) is 11.9 Å². The zero-order valence-electron chi connectivity index (χ0n) is 18.5. The molecule has 8 heteroatoms. The lowest BCUT2D eigenvalue weighted by Gasteiger charge is -2.37. The summed E-state index contributed by atoms with van der Waals surface area (Å²) < 4.78 is 30.2. The summed E-state index contributed by atoms with van der Waals surface area (Å²) in [6, 6.07) is 14.8. The van der Waals surface area contributed by atoms with Gasteiger partial charge < -0.3 is 9.84 Å². The van der Waals surface area contributed by atoms with E-state index < -0.39 is 16.1 Å². The van der Waals surface area contributed by atoms with E-state index in [1.165, 1.54) is 16.9 Å². The number of benzene rings is 2. The molecule has 0 radical (unpaired) electrons. The van der Waals surface area contributed by atoms with Crippen molar-refractivity contribution in [2.24, 2.45) is 0 Å². The highest BCUT2D eigenvalue weighted by molar-refractivity contribution is 7.92. The second-order valence-electron chi connectivity index (χ2n) is 8.69. The highest BCUT2D eigenvalue weighted by Gasteiger charge is 2.42. The van der Waals surface area contributed by atoms with Gasteiger partial charge in [0.2, 0.25) is 10.0 Å². The number of ether oxygens (including phenoxy) is 1. The molecule has 3 rings (SSSR count). The number of hydrogen-bond donors (Lipinski definition) is 1. The number of sulfonamides is 1. The van der Waals surface area contributed by atoms with Crippen molar-refractivity contribution in [1.29, 1.82) is 0 Å². The first-order valence-corrected chi connectivity index (χ1v) is 12.6. The highest BCUT2D eigenvalue weighted by atomic mass is 35.5. The first-order chi connectivity index (χ1) is 14.5. The Balaban J connectivity index is 1.56. The molecule has 1 fully saturated rings. The Hall–Kier alpha value is -1.80. The normalized spacial score (nSPS) is 19.9. The fourth-order valence-corrected chi connectivity index (χ4v) is 4.92. The molecule has 0 spiro atoms. The van der Waals surface area contributed by atoms with E-state index in [0.29, 0.717) is 23.9 Å². The number of rotatable bonds is 8. The van der Waals surface area contributed by atoms with Crippen LogP contribution < -0.4 is 9.04 Å². The standard InChI is InChI=1S/C23H31ClN2O4S/c1-23(2)22(17-6-5-7-18(24)14-17)12-13-26(23)15-20(27)16-30-21-10-8-19(9-11-21)25(3)31(4,28)29/h5-11,14,20,22,27H,12-13,15-16H2,1-4H3/t20-,22+/m1/s1. The summed E-state index contributed by atoms with van der Waals surface area (Å²) in [7, 11) is -1.80. The van der Waals surface area contributed by atoms with Crippen LogP contribution in [0.25, 0.3) is 0 Å². The Morgan fingerprint density at radius 1 is 1.26 bits per heavy atom. The van der Waals surface area contributed by atoms with Crippen LogP contribution in [-0.4, -0.2) is 63.1 Å². The summed E-state index contributed by atoms with van der Waals surface area (Å²) in [5, 5.41) is 11.3. The highest BCUT2D eigenvalue weighted by Crippen LogP contribution is 2.42. The molecule has 2 atom stereocenters. The number of nitrogens with zero attached hydrogens (tertiary/aromatic N) is 2. The maximum absolute atomic E-state index is 11.6. The number of hydrogen-bond acceptors (Lipinski definition) is 5. The largest absolute Gasteiger partial charge is 0.491 e. The van der Waals surface area contributed by atoms with Crippen LogP contribution in [0.15, 0.2) is 48.5 Å². The van der Waals surface area contributed by atoms with Crippen molar-refractivity contribution in [3.8, 4) is 5.75 Å². The zero-order valence-corrected chi connectivity index (χ0v) is 20.0. The molecule has 0 unspecified atom stereocenters. The first kappa shape index (κ1) is 23.9. The van der Waals surface area contributed by atoms with E-state index in [1.54, 1.807) is 24.3 Å². The molecule has 1 aliphatic rings. The van der Waals surface area contributed by atoms with Gasteiger partial charge in [-0.1, -0.05) is 23.7 Å². The fraction of sp³-hybridized carbons (Fsp3) is 0.478. The van der Waals surface area contributed by atoms with Crippen molar-refractivity contribution in [2.45, 2.75) is 37.8 Å². The van der Waals surface area contributed by atoms with Crippen LogP contribution >= 0.6 is 11.6 Å². The number of halogens is 1. The van der Waals surface area contributed by atoms with Gasteiger partial charge in [-0.3, -0.25) is 9.21 Å². The average Bonchev–Trinajstić information content (AvgIpc) is 2.99. The molecule has 170 valence electrons. The maximum atomic E-state index is 11.6. The van der Waals surface area contributed by atoms with Crippen LogP contribution in [0.2, 0.25) is 5.02 Å². The smallest absolute Gasteiger partial charge is 0.231 e. The molecule has 0 aromatic heterocycles. The molecule has 1 aliphatic heterocycles. The van der Waals surface area contributed by atoms with Crippen LogP contribution in [0.5, 0.6) is 5.75 Å². The molecule has 0 aliphatic carbocycles. The van der Waals surface area contributed by atoms with E-state index in [0.717, 1.165) is 24.2 Å². The van der Waals surface area contributed by atoms with Gasteiger partial charge >= 0.3 is 0 Å². The molecule has 0 amide bonds. The molecule has 0 bridgehead atoms. The topological polar surface area (TPSA) is 70.1 Å². The van der Waals surface area contributed by atoms with Gasteiger partial charge in [-0.25, -0.2) is 8.42 Å². The van der Waals surface area contributed by atoms with Crippen molar-refractivity contribution in [1.82, 2.24) is 4.90 Å². The molecule has 6 nitrogen and oxygen atoms in total. The maximum Gasteiger partial charge on any atom is 0.231 e. The summed E-state index contributed by atoms with van der Waals surface area (Å²) in [5.74, 6) is 0.931. The van der Waals surface area contributed by atoms with Crippen molar-refractivity contribution >= 4 is 27.3 Å². The van der Waals surface area contributed by atoms with E-state index in [2.05, 4.69) is 24.8 Å². The minimum Gasteiger partial charge on any atom is -0.491 e. The monoisotopic (exact) mass is 466 g/mol. The fourth-order valence-electron chi connectivity index (χ4n) is 4.21. The number of aliphatic hydroxyl groups excluding tert-OH is 1. The second kappa shape index (κ2) is 9.36. The Morgan fingerprint density at radius 3 is 2.55 bits per heavy atom. The minimum atomic E-state index is -3.31. The van der Waals surface area contributed by atoms with Crippen LogP contribution in [0.1, 0.15) is 31.7 Å². The lowest BCUT2D eigenvalue weighted by molar-refractivity contribution is 0.0433. The number of β-amino-alcohol motifs (C(OH)–C–C–N with tert-alkyl or cyclic N) is 1. The van der Waals surface area contributed by atoms with Crippen molar-refractivity contribution in [2.75, 3.05) is 37.3 Å². The summed E-state index contributed by atoms with van der Waals surface area (Å²) in [5.41, 5.74) is 1.68. The quantitative estimate of drug-likeness (QED) is 0.641. The van der Waals surface area contributed by atoms with Gasteiger partial charge in [0, 0.05) is 30.1 Å². The van der Waals surface area contributed by atoms with Crippen LogP contribution in [0.3, 0.4) is 0 Å². The minimum absolute atomic E-state index is 0.108. The second-order valence-corrected chi connectivity index (χ2v) is 11.1. The molecule has 1 N–H and O–H groups in total. The molecule has 1 saturated heterocycles. The Bertz CT molecular complexity index is 995. The van der Waals surface area contributed by atoms with E-state index in [1.807, 2.05) is 18.2 Å². The Kier molecular flexibility index (Phi) is 7.21. The van der Waals surface area contributed by atoms with Gasteiger partial charge in [-0.05, 0) is 68.8 Å². The van der Waals surface area contributed by atoms with Crippen LogP contribution in [-0.2, 0) is 10.0 Å². The van der Waals surface area contributed by atoms with Gasteiger partial charge in [-0.2, -0.15) is 0 Å². The lowest BCUT2D eigenvalue weighted by atomic mass is 9.82. The lowest BCUT2D eigenvalue weighted by Crippen LogP contribution is -2.46. The molecule has 2 aromatic rings. The van der Waals surface area contributed by atoms with Gasteiger partial charge in [-0.15, -0.1) is 0 Å². The van der Waals surface area contributed by atoms with Crippen molar-refractivity contribution < 1.29 is 18.3 Å². The van der Waals surface area contributed by atoms with Crippen LogP contribution in [0, 0.1) is 0 Å². The molecular formula is C23H31ClN2O4S. The van der Waals surface area contributed by atoms with Crippen molar-refractivity contribution in [3.05, 3.63) is 59.1 Å². The molecule has 0 saturated carbocycles. The summed E-state index contributed by atoms with van der Waals surface area (Å²) >= 11 is 6.18. The van der Waals surface area contributed by atoms with E-state index in [4.69, 9.17) is 16.3 Å².